The molecule has 4 rings (SSSR count). The van der Waals surface area contributed by atoms with Crippen molar-refractivity contribution in [2.24, 2.45) is 0 Å². The van der Waals surface area contributed by atoms with E-state index in [1.807, 2.05) is 51.1 Å². The van der Waals surface area contributed by atoms with Crippen LogP contribution in [0.15, 0.2) is 54.1 Å². The minimum atomic E-state index is -0.543. The first-order chi connectivity index (χ1) is 16.2. The van der Waals surface area contributed by atoms with Gasteiger partial charge in [0.1, 0.15) is 17.1 Å². The van der Waals surface area contributed by atoms with Gasteiger partial charge in [-0.25, -0.2) is 4.90 Å². The van der Waals surface area contributed by atoms with Crippen molar-refractivity contribution in [3.8, 4) is 17.2 Å². The van der Waals surface area contributed by atoms with Crippen LogP contribution in [0.25, 0.3) is 11.8 Å². The van der Waals surface area contributed by atoms with E-state index in [1.165, 1.54) is 17.6 Å². The summed E-state index contributed by atoms with van der Waals surface area (Å²) in [5.74, 6) is -0.112. The highest BCUT2D eigenvalue weighted by Gasteiger charge is 2.36. The summed E-state index contributed by atoms with van der Waals surface area (Å²) >= 11 is 5.33. The molecular formula is C26H25N3O4S. The topological polar surface area (TPSA) is 72.8 Å². The molecule has 1 N–H and O–H groups in total. The number of anilines is 1. The number of benzene rings is 2. The van der Waals surface area contributed by atoms with E-state index in [0.29, 0.717) is 17.2 Å². The Kier molecular flexibility index (Phi) is 6.26. The first-order valence-electron chi connectivity index (χ1n) is 10.6. The highest BCUT2D eigenvalue weighted by molar-refractivity contribution is 7.80. The molecule has 3 aromatic rings. The molecule has 8 heteroatoms. The largest absolute Gasteiger partial charge is 0.497 e. The maximum absolute atomic E-state index is 13.5. The molecule has 0 unspecified atom stereocenters. The lowest BCUT2D eigenvalue weighted by Crippen LogP contribution is -2.54. The van der Waals surface area contributed by atoms with Crippen molar-refractivity contribution in [3.63, 3.8) is 0 Å². The van der Waals surface area contributed by atoms with Gasteiger partial charge in [-0.15, -0.1) is 0 Å². The van der Waals surface area contributed by atoms with Crippen LogP contribution >= 0.6 is 12.2 Å². The van der Waals surface area contributed by atoms with Crippen molar-refractivity contribution in [3.05, 3.63) is 76.6 Å². The summed E-state index contributed by atoms with van der Waals surface area (Å²) in [6.45, 7) is 5.98. The summed E-state index contributed by atoms with van der Waals surface area (Å²) in [5.41, 5.74) is 5.24. The molecule has 1 saturated heterocycles. The number of ether oxygens (including phenoxy) is 2. The summed E-state index contributed by atoms with van der Waals surface area (Å²) in [5, 5.41) is 2.61. The first-order valence-corrected chi connectivity index (χ1v) is 11.1. The Hall–Kier alpha value is -3.91. The molecule has 0 spiro atoms. The Morgan fingerprint density at radius 1 is 0.941 bits per heavy atom. The normalized spacial score (nSPS) is 15.0. The third-order valence-electron chi connectivity index (χ3n) is 5.79. The summed E-state index contributed by atoms with van der Waals surface area (Å²) in [6.07, 6.45) is 1.61. The zero-order valence-corrected chi connectivity index (χ0v) is 20.4. The van der Waals surface area contributed by atoms with Gasteiger partial charge in [-0.1, -0.05) is 17.7 Å². The maximum atomic E-state index is 13.5. The van der Waals surface area contributed by atoms with Crippen molar-refractivity contribution < 1.29 is 19.1 Å². The number of carbonyl (C=O) groups excluding carboxylic acids is 2. The van der Waals surface area contributed by atoms with Gasteiger partial charge in [0.05, 0.1) is 19.9 Å². The number of methoxy groups -OCH3 is 2. The Morgan fingerprint density at radius 3 is 2.29 bits per heavy atom. The Morgan fingerprint density at radius 2 is 1.65 bits per heavy atom. The number of hydrogen-bond donors (Lipinski definition) is 1. The van der Waals surface area contributed by atoms with E-state index in [2.05, 4.69) is 9.88 Å². The van der Waals surface area contributed by atoms with Crippen LogP contribution in [0, 0.1) is 20.8 Å². The molecule has 34 heavy (non-hydrogen) atoms. The first kappa shape index (κ1) is 23.3. The molecule has 2 heterocycles. The lowest BCUT2D eigenvalue weighted by molar-refractivity contribution is -0.122. The second kappa shape index (κ2) is 9.15. The molecule has 0 saturated carbocycles. The molecule has 1 fully saturated rings. The third-order valence-corrected chi connectivity index (χ3v) is 6.08. The van der Waals surface area contributed by atoms with Crippen molar-refractivity contribution in [1.29, 1.82) is 0 Å². The number of carbonyl (C=O) groups is 2. The number of hydrogen-bond acceptors (Lipinski definition) is 5. The molecule has 0 radical (unpaired) electrons. The van der Waals surface area contributed by atoms with Crippen molar-refractivity contribution in [1.82, 2.24) is 9.88 Å². The van der Waals surface area contributed by atoms with Gasteiger partial charge in [-0.05, 0) is 75.0 Å². The molecule has 1 aliphatic heterocycles. The zero-order valence-electron chi connectivity index (χ0n) is 19.6. The molecular weight excluding hydrogens is 450 g/mol. The number of thiocarbonyl (C=S) groups is 1. The molecule has 1 aliphatic rings. The van der Waals surface area contributed by atoms with Gasteiger partial charge in [-0.2, -0.15) is 0 Å². The van der Waals surface area contributed by atoms with Crippen LogP contribution in [-0.4, -0.2) is 35.7 Å². The highest BCUT2D eigenvalue weighted by atomic mass is 32.1. The van der Waals surface area contributed by atoms with Crippen LogP contribution in [0.5, 0.6) is 11.5 Å². The van der Waals surface area contributed by atoms with Gasteiger partial charge in [0.15, 0.2) is 5.11 Å². The number of aryl methyl sites for hydroxylation is 2. The molecule has 0 aliphatic carbocycles. The summed E-state index contributed by atoms with van der Waals surface area (Å²) in [4.78, 5) is 27.6. The van der Waals surface area contributed by atoms with E-state index in [9.17, 15) is 9.59 Å². The van der Waals surface area contributed by atoms with E-state index < -0.39 is 11.8 Å². The van der Waals surface area contributed by atoms with Crippen LogP contribution in [0.1, 0.15) is 22.5 Å². The number of amides is 2. The maximum Gasteiger partial charge on any atom is 0.270 e. The van der Waals surface area contributed by atoms with Gasteiger partial charge in [0.25, 0.3) is 11.8 Å². The van der Waals surface area contributed by atoms with E-state index in [4.69, 9.17) is 21.7 Å². The molecule has 174 valence electrons. The minimum absolute atomic E-state index is 0.0132. The SMILES string of the molecule is COc1ccc(N2C(=O)/C(=C\c3cc(C)n(-c4ccc(C)cc4)c3C)C(=O)NC2=S)c(OC)c1. The van der Waals surface area contributed by atoms with Gasteiger partial charge in [0, 0.05) is 23.1 Å². The summed E-state index contributed by atoms with van der Waals surface area (Å²) in [6, 6.07) is 15.1. The Balaban J connectivity index is 1.77. The van der Waals surface area contributed by atoms with E-state index >= 15 is 0 Å². The predicted octanol–water partition coefficient (Wildman–Crippen LogP) is 4.25. The Labute approximate surface area is 203 Å². The van der Waals surface area contributed by atoms with Crippen LogP contribution < -0.4 is 19.7 Å². The van der Waals surface area contributed by atoms with Gasteiger partial charge in [-0.3, -0.25) is 14.9 Å². The number of rotatable bonds is 5. The summed E-state index contributed by atoms with van der Waals surface area (Å²) < 4.78 is 12.8. The molecule has 1 aromatic heterocycles. The van der Waals surface area contributed by atoms with Crippen LogP contribution in [-0.2, 0) is 9.59 Å². The molecule has 7 nitrogen and oxygen atoms in total. The molecule has 0 bridgehead atoms. The quantitative estimate of drug-likeness (QED) is 0.339. The van der Waals surface area contributed by atoms with Gasteiger partial charge in [0.2, 0.25) is 0 Å². The second-order valence-electron chi connectivity index (χ2n) is 7.99. The lowest BCUT2D eigenvalue weighted by Gasteiger charge is -2.30. The van der Waals surface area contributed by atoms with E-state index in [0.717, 1.165) is 22.6 Å². The Bertz CT molecular complexity index is 1340. The predicted molar refractivity (Wildman–Crippen MR) is 136 cm³/mol. The second-order valence-corrected chi connectivity index (χ2v) is 8.38. The zero-order chi connectivity index (χ0) is 24.6. The average Bonchev–Trinajstić information content (AvgIpc) is 3.10. The standard InChI is InChI=1S/C26H25N3O4S/c1-15-6-8-19(9-7-15)28-16(2)12-18(17(28)3)13-21-24(30)27-26(34)29(25(21)31)22-11-10-20(32-4)14-23(22)33-5/h6-14H,1-5H3,(H,27,30,34)/b21-13-. The fraction of sp³-hybridized carbons (Fsp3) is 0.192. The van der Waals surface area contributed by atoms with Gasteiger partial charge >= 0.3 is 0 Å². The van der Waals surface area contributed by atoms with Crippen LogP contribution in [0.4, 0.5) is 5.69 Å². The number of nitrogens with one attached hydrogen (secondary N) is 1. The monoisotopic (exact) mass is 475 g/mol. The molecule has 2 aromatic carbocycles. The molecule has 0 atom stereocenters. The number of nitrogens with zero attached hydrogens (tertiary/aromatic N) is 2. The van der Waals surface area contributed by atoms with Crippen molar-refractivity contribution in [2.75, 3.05) is 19.1 Å². The van der Waals surface area contributed by atoms with Crippen LogP contribution in [0.2, 0.25) is 0 Å². The third kappa shape index (κ3) is 4.08. The van der Waals surface area contributed by atoms with Crippen LogP contribution in [0.3, 0.4) is 0 Å². The van der Waals surface area contributed by atoms with E-state index in [-0.39, 0.29) is 10.7 Å². The fourth-order valence-corrected chi connectivity index (χ4v) is 4.30. The van der Waals surface area contributed by atoms with Crippen molar-refractivity contribution in [2.45, 2.75) is 20.8 Å². The van der Waals surface area contributed by atoms with E-state index in [1.54, 1.807) is 31.4 Å². The minimum Gasteiger partial charge on any atom is -0.497 e. The van der Waals surface area contributed by atoms with Gasteiger partial charge < -0.3 is 14.0 Å². The number of aromatic nitrogens is 1. The lowest BCUT2D eigenvalue weighted by atomic mass is 10.1. The smallest absolute Gasteiger partial charge is 0.270 e. The summed E-state index contributed by atoms with van der Waals surface area (Å²) in [7, 11) is 3.03. The molecule has 2 amide bonds. The highest BCUT2D eigenvalue weighted by Crippen LogP contribution is 2.34. The van der Waals surface area contributed by atoms with Crippen molar-refractivity contribution >= 4 is 40.9 Å². The fourth-order valence-electron chi connectivity index (χ4n) is 4.03. The average molecular weight is 476 g/mol.